The largest absolute Gasteiger partial charge is 0.169 e. The van der Waals surface area contributed by atoms with Crippen molar-refractivity contribution in [3.8, 4) is 0 Å². The maximum atomic E-state index is 2.62. The summed E-state index contributed by atoms with van der Waals surface area (Å²) in [5, 5.41) is 5.22. The Kier molecular flexibility index (Phi) is 9.75. The summed E-state index contributed by atoms with van der Waals surface area (Å²) in [6.45, 7) is 5.15. The molecule has 2 aliphatic rings. The van der Waals surface area contributed by atoms with Gasteiger partial charge >= 0.3 is 0 Å². The van der Waals surface area contributed by atoms with E-state index in [-0.39, 0.29) is 0 Å². The Hall–Kier alpha value is -3.63. The minimum Gasteiger partial charge on any atom is -0.153 e. The van der Waals surface area contributed by atoms with Crippen molar-refractivity contribution < 1.29 is 0 Å². The van der Waals surface area contributed by atoms with E-state index in [0.717, 1.165) is 0 Å². The number of allylic oxidation sites excluding steroid dienone is 2. The Labute approximate surface area is 315 Å². The van der Waals surface area contributed by atoms with Crippen molar-refractivity contribution in [3.05, 3.63) is 201 Å². The van der Waals surface area contributed by atoms with Gasteiger partial charge in [0.05, 0.1) is 0 Å². The summed E-state index contributed by atoms with van der Waals surface area (Å²) in [6.07, 6.45) is 12.2. The summed E-state index contributed by atoms with van der Waals surface area (Å²) in [6, 6.07) is 53.8. The number of rotatable bonds is 9. The van der Waals surface area contributed by atoms with Gasteiger partial charge < -0.3 is 0 Å². The van der Waals surface area contributed by atoms with Crippen LogP contribution in [0.2, 0.25) is 13.1 Å². The second-order valence-electron chi connectivity index (χ2n) is 13.1. The summed E-state index contributed by atoms with van der Waals surface area (Å²) in [7, 11) is -4.27. The van der Waals surface area contributed by atoms with Crippen LogP contribution < -0.4 is 19.4 Å². The molecule has 4 atom stereocenters. The maximum absolute atomic E-state index is 2.62. The Balaban J connectivity index is 1.19. The van der Waals surface area contributed by atoms with E-state index in [9.17, 15) is 0 Å². The van der Waals surface area contributed by atoms with Crippen molar-refractivity contribution in [2.45, 2.75) is 22.8 Å². The molecule has 0 bridgehead atoms. The van der Waals surface area contributed by atoms with Gasteiger partial charge in [-0.3, -0.25) is 0 Å². The lowest BCUT2D eigenvalue weighted by Gasteiger charge is -2.37. The highest BCUT2D eigenvalue weighted by molar-refractivity contribution is 8.08. The van der Waals surface area contributed by atoms with Gasteiger partial charge in [-0.05, 0) is 33.8 Å². The minimum atomic E-state index is -2.15. The molecule has 8 rings (SSSR count). The van der Waals surface area contributed by atoms with Crippen LogP contribution in [0.3, 0.4) is 0 Å². The van der Waals surface area contributed by atoms with Gasteiger partial charge in [0.15, 0.2) is 8.07 Å². The van der Waals surface area contributed by atoms with Gasteiger partial charge in [0.25, 0.3) is 0 Å². The third-order valence-electron chi connectivity index (χ3n) is 10.1. The fraction of sp³-hybridized carbons (Fsp3) is 0.0909. The molecule has 0 radical (unpaired) electrons. The van der Waals surface area contributed by atoms with E-state index in [1.54, 1.807) is 0 Å². The highest BCUT2D eigenvalue weighted by Gasteiger charge is 2.47. The van der Waals surface area contributed by atoms with Gasteiger partial charge in [-0.1, -0.05) is 182 Å². The van der Waals surface area contributed by atoms with Crippen LogP contribution in [0, 0.1) is 0 Å². The van der Waals surface area contributed by atoms with Crippen molar-refractivity contribution in [1.29, 1.82) is 0 Å². The molecule has 50 heavy (non-hydrogen) atoms. The maximum Gasteiger partial charge on any atom is 0.169 e. The number of thiophene rings is 2. The number of hydrogen-bond donors (Lipinski definition) is 0. The van der Waals surface area contributed by atoms with Crippen LogP contribution >= 0.6 is 46.2 Å². The standard InChI is InChI=1S/C44H38S4Si2/c1-49(40-24-15-31-45-40,36-20-11-5-12-21-36)42-29-26-38(47-42)44(34-18-9-4-10-19-34)39-27-30-43(48-39)50(2,37-22-13-6-14-23-37)41-28-25-35(46-41)32-33-16-7-3-8-17-33/h3-32,41,43H,1-2H3/b35-32+,44-39-. The zero-order valence-corrected chi connectivity index (χ0v) is 33.4. The monoisotopic (exact) mass is 750 g/mol. The molecule has 4 heterocycles. The number of benzene rings is 4. The summed E-state index contributed by atoms with van der Waals surface area (Å²) in [4.78, 5) is 4.95. The van der Waals surface area contributed by atoms with Crippen LogP contribution in [-0.2, 0) is 0 Å². The highest BCUT2D eigenvalue weighted by Crippen LogP contribution is 2.48. The molecular weight excluding hydrogens is 713 g/mol. The molecule has 4 aromatic carbocycles. The molecule has 0 saturated carbocycles. The molecule has 0 nitrogen and oxygen atoms in total. The molecule has 2 aliphatic heterocycles. The second kappa shape index (κ2) is 14.5. The predicted molar refractivity (Wildman–Crippen MR) is 231 cm³/mol. The first-order valence-corrected chi connectivity index (χ1v) is 25.7. The number of thioether (sulfide) groups is 2. The second-order valence-corrected chi connectivity index (χ2v) is 27.4. The first kappa shape index (κ1) is 33.5. The lowest BCUT2D eigenvalue weighted by Crippen LogP contribution is -2.62. The van der Waals surface area contributed by atoms with E-state index < -0.39 is 16.1 Å². The third kappa shape index (κ3) is 6.38. The van der Waals surface area contributed by atoms with Crippen LogP contribution in [0.1, 0.15) is 16.0 Å². The Morgan fingerprint density at radius 1 is 0.580 bits per heavy atom. The van der Waals surface area contributed by atoms with Crippen LogP contribution in [0.25, 0.3) is 11.6 Å². The highest BCUT2D eigenvalue weighted by atomic mass is 32.2. The van der Waals surface area contributed by atoms with Gasteiger partial charge in [0, 0.05) is 39.0 Å². The molecule has 0 amide bonds. The van der Waals surface area contributed by atoms with Crippen molar-refractivity contribution in [2.24, 2.45) is 0 Å². The number of hydrogen-bond acceptors (Lipinski definition) is 4. The average Bonchev–Trinajstić information content (AvgIpc) is 4.02. The van der Waals surface area contributed by atoms with E-state index in [1.807, 2.05) is 22.7 Å². The smallest absolute Gasteiger partial charge is 0.153 e. The van der Waals surface area contributed by atoms with E-state index in [1.165, 1.54) is 50.8 Å². The minimum absolute atomic E-state index is 0.409. The van der Waals surface area contributed by atoms with E-state index in [0.29, 0.717) is 9.75 Å². The lowest BCUT2D eigenvalue weighted by atomic mass is 10.0. The van der Waals surface area contributed by atoms with Crippen molar-refractivity contribution in [1.82, 2.24) is 0 Å². The fourth-order valence-corrected chi connectivity index (χ4v) is 24.2. The van der Waals surface area contributed by atoms with Crippen LogP contribution in [0.15, 0.2) is 185 Å². The molecule has 6 aromatic rings. The van der Waals surface area contributed by atoms with Gasteiger partial charge in [-0.15, -0.1) is 34.9 Å². The first-order valence-electron chi connectivity index (χ1n) is 17.1. The molecular formula is C44H38S4Si2. The van der Waals surface area contributed by atoms with E-state index in [4.69, 9.17) is 0 Å². The van der Waals surface area contributed by atoms with Gasteiger partial charge in [0.1, 0.15) is 8.07 Å². The van der Waals surface area contributed by atoms with Crippen molar-refractivity contribution in [2.75, 3.05) is 0 Å². The quantitative estimate of drug-likeness (QED) is 0.135. The van der Waals surface area contributed by atoms with Crippen LogP contribution in [0.4, 0.5) is 0 Å². The van der Waals surface area contributed by atoms with Gasteiger partial charge in [-0.25, -0.2) is 0 Å². The van der Waals surface area contributed by atoms with E-state index >= 15 is 0 Å². The van der Waals surface area contributed by atoms with Crippen LogP contribution in [-0.4, -0.2) is 25.9 Å². The molecule has 0 spiro atoms. The molecule has 246 valence electrons. The fourth-order valence-electron chi connectivity index (χ4n) is 7.16. The zero-order chi connectivity index (χ0) is 34.0. The van der Waals surface area contributed by atoms with Crippen molar-refractivity contribution in [3.63, 3.8) is 0 Å². The summed E-state index contributed by atoms with van der Waals surface area (Å²) >= 11 is 8.06. The predicted octanol–water partition coefficient (Wildman–Crippen LogP) is 10.1. The molecule has 2 aromatic heterocycles. The Morgan fingerprint density at radius 2 is 1.20 bits per heavy atom. The average molecular weight is 751 g/mol. The Bertz CT molecular complexity index is 2190. The lowest BCUT2D eigenvalue weighted by molar-refractivity contribution is 1.38. The SMILES string of the molecule is C[Si](c1ccccc1)(c1cccs1)c1ccc(/C(=C2/C=CC([Si](C)(c3ccccc3)C3C=C/C(=C\c4ccccc4)S3)S2)c2ccccc2)s1. The molecule has 0 saturated heterocycles. The molecule has 4 unspecified atom stereocenters. The molecule has 0 fully saturated rings. The molecule has 0 N–H and O–H groups in total. The molecule has 0 aliphatic carbocycles. The van der Waals surface area contributed by atoms with Crippen LogP contribution in [0.5, 0.6) is 0 Å². The summed E-state index contributed by atoms with van der Waals surface area (Å²) < 4.78 is 3.01. The third-order valence-corrected chi connectivity index (χ3v) is 28.5. The van der Waals surface area contributed by atoms with Gasteiger partial charge in [-0.2, -0.15) is 11.3 Å². The van der Waals surface area contributed by atoms with Gasteiger partial charge in [0.2, 0.25) is 0 Å². The summed E-state index contributed by atoms with van der Waals surface area (Å²) in [5.74, 6) is 0. The van der Waals surface area contributed by atoms with E-state index in [2.05, 4.69) is 218 Å². The zero-order valence-electron chi connectivity index (χ0n) is 28.1. The normalized spacial score (nSPS) is 21.3. The Morgan fingerprint density at radius 3 is 1.88 bits per heavy atom. The topological polar surface area (TPSA) is 0 Å². The van der Waals surface area contributed by atoms with Crippen molar-refractivity contribution >= 4 is 93.4 Å². The first-order chi connectivity index (χ1) is 24.5. The molecule has 6 heteroatoms. The summed E-state index contributed by atoms with van der Waals surface area (Å²) in [5.41, 5.74) is 3.92.